The molecule has 0 saturated carbocycles. The van der Waals surface area contributed by atoms with E-state index in [1.165, 1.54) is 22.3 Å². The average Bonchev–Trinajstić information content (AvgIpc) is 2.74. The van der Waals surface area contributed by atoms with Crippen molar-refractivity contribution in [2.75, 3.05) is 6.54 Å². The number of amides is 1. The highest BCUT2D eigenvalue weighted by molar-refractivity contribution is 5.73. The van der Waals surface area contributed by atoms with Crippen LogP contribution in [0.2, 0.25) is 0 Å². The Labute approximate surface area is 186 Å². The highest BCUT2D eigenvalue weighted by atomic mass is 16.5. The molecular weight excluding hydrogens is 382 g/mol. The van der Waals surface area contributed by atoms with E-state index < -0.39 is 6.23 Å². The molecule has 0 spiro atoms. The zero-order valence-corrected chi connectivity index (χ0v) is 19.2. The van der Waals surface area contributed by atoms with Gasteiger partial charge in [0.15, 0.2) is 6.23 Å². The van der Waals surface area contributed by atoms with Crippen LogP contribution in [0, 0.1) is 13.8 Å². The molecule has 3 aromatic carbocycles. The SMILES string of the molecule is CCN(C(C)=O)C(OC(C)C(c1ccccc1)c1ccccc1)c1cc(C)cc(C)c1. The minimum Gasteiger partial charge on any atom is -0.350 e. The number of ether oxygens (including phenoxy) is 1. The molecule has 0 bridgehead atoms. The molecule has 2 unspecified atom stereocenters. The van der Waals surface area contributed by atoms with Gasteiger partial charge in [0.1, 0.15) is 0 Å². The van der Waals surface area contributed by atoms with Gasteiger partial charge in [0, 0.05) is 24.9 Å². The first-order valence-corrected chi connectivity index (χ1v) is 11.0. The quantitative estimate of drug-likeness (QED) is 0.398. The van der Waals surface area contributed by atoms with E-state index in [0.29, 0.717) is 6.54 Å². The van der Waals surface area contributed by atoms with Crippen LogP contribution in [0.1, 0.15) is 60.7 Å². The standard InChI is InChI=1S/C28H33NO2/c1-6-29(23(5)30)28(26-18-20(2)17-21(3)19-26)31-22(4)27(24-13-9-7-10-14-24)25-15-11-8-12-16-25/h7-19,22,27-28H,6H2,1-5H3. The Kier molecular flexibility index (Phi) is 7.64. The molecule has 3 rings (SSSR count). The van der Waals surface area contributed by atoms with Gasteiger partial charge in [-0.3, -0.25) is 4.79 Å². The highest BCUT2D eigenvalue weighted by Crippen LogP contribution is 2.34. The van der Waals surface area contributed by atoms with Crippen molar-refractivity contribution < 1.29 is 9.53 Å². The maximum atomic E-state index is 12.5. The van der Waals surface area contributed by atoms with E-state index in [0.717, 1.165) is 5.56 Å². The third-order valence-electron chi connectivity index (χ3n) is 5.69. The Bertz CT molecular complexity index is 925. The summed E-state index contributed by atoms with van der Waals surface area (Å²) < 4.78 is 6.74. The molecule has 162 valence electrons. The summed E-state index contributed by atoms with van der Waals surface area (Å²) in [7, 11) is 0. The van der Waals surface area contributed by atoms with Crippen LogP contribution in [0.15, 0.2) is 78.9 Å². The van der Waals surface area contributed by atoms with Gasteiger partial charge in [-0.05, 0) is 38.8 Å². The molecule has 0 N–H and O–H groups in total. The van der Waals surface area contributed by atoms with Crippen molar-refractivity contribution in [2.24, 2.45) is 0 Å². The summed E-state index contributed by atoms with van der Waals surface area (Å²) in [5, 5.41) is 0. The van der Waals surface area contributed by atoms with Crippen LogP contribution < -0.4 is 0 Å². The number of hydrogen-bond donors (Lipinski definition) is 0. The summed E-state index contributed by atoms with van der Waals surface area (Å²) in [6, 6.07) is 27.3. The van der Waals surface area contributed by atoms with Crippen LogP contribution in [0.3, 0.4) is 0 Å². The van der Waals surface area contributed by atoms with Crippen LogP contribution in [0.5, 0.6) is 0 Å². The van der Waals surface area contributed by atoms with Gasteiger partial charge in [-0.15, -0.1) is 0 Å². The predicted molar refractivity (Wildman–Crippen MR) is 127 cm³/mol. The Morgan fingerprint density at radius 3 is 1.74 bits per heavy atom. The molecule has 2 atom stereocenters. The normalized spacial score (nSPS) is 13.1. The fourth-order valence-corrected chi connectivity index (χ4v) is 4.38. The van der Waals surface area contributed by atoms with Crippen LogP contribution in [0.25, 0.3) is 0 Å². The maximum absolute atomic E-state index is 12.5. The van der Waals surface area contributed by atoms with E-state index in [1.54, 1.807) is 11.8 Å². The van der Waals surface area contributed by atoms with Gasteiger partial charge in [0.25, 0.3) is 0 Å². The topological polar surface area (TPSA) is 29.5 Å². The fraction of sp³-hybridized carbons (Fsp3) is 0.321. The molecule has 0 aliphatic carbocycles. The molecule has 1 amide bonds. The second-order valence-electron chi connectivity index (χ2n) is 8.22. The van der Waals surface area contributed by atoms with Crippen molar-refractivity contribution in [1.82, 2.24) is 4.90 Å². The molecule has 0 fully saturated rings. The van der Waals surface area contributed by atoms with E-state index in [9.17, 15) is 4.79 Å². The Morgan fingerprint density at radius 1 is 0.839 bits per heavy atom. The van der Waals surface area contributed by atoms with Crippen LogP contribution >= 0.6 is 0 Å². The Hall–Kier alpha value is -2.91. The molecule has 3 nitrogen and oxygen atoms in total. The molecule has 0 saturated heterocycles. The van der Waals surface area contributed by atoms with Crippen molar-refractivity contribution in [1.29, 1.82) is 0 Å². The van der Waals surface area contributed by atoms with Crippen molar-refractivity contribution in [3.8, 4) is 0 Å². The number of hydrogen-bond acceptors (Lipinski definition) is 2. The second-order valence-corrected chi connectivity index (χ2v) is 8.22. The van der Waals surface area contributed by atoms with Gasteiger partial charge in [-0.2, -0.15) is 0 Å². The molecule has 31 heavy (non-hydrogen) atoms. The summed E-state index contributed by atoms with van der Waals surface area (Å²) in [6.07, 6.45) is -0.588. The van der Waals surface area contributed by atoms with Gasteiger partial charge in [0.05, 0.1) is 6.10 Å². The summed E-state index contributed by atoms with van der Waals surface area (Å²) >= 11 is 0. The van der Waals surface area contributed by atoms with Gasteiger partial charge >= 0.3 is 0 Å². The fourth-order valence-electron chi connectivity index (χ4n) is 4.38. The molecule has 0 heterocycles. The monoisotopic (exact) mass is 415 g/mol. The summed E-state index contributed by atoms with van der Waals surface area (Å²) in [6.45, 7) is 10.5. The third kappa shape index (κ3) is 5.62. The number of carbonyl (C=O) groups excluding carboxylic acids is 1. The van der Waals surface area contributed by atoms with Crippen LogP contribution in [0.4, 0.5) is 0 Å². The third-order valence-corrected chi connectivity index (χ3v) is 5.69. The number of benzene rings is 3. The highest BCUT2D eigenvalue weighted by Gasteiger charge is 2.29. The van der Waals surface area contributed by atoms with Crippen molar-refractivity contribution in [3.63, 3.8) is 0 Å². The minimum atomic E-state index is -0.439. The predicted octanol–water partition coefficient (Wildman–Crippen LogP) is 6.41. The number of nitrogens with zero attached hydrogens (tertiary/aromatic N) is 1. The number of aryl methyl sites for hydroxylation is 2. The first-order chi connectivity index (χ1) is 14.9. The first-order valence-electron chi connectivity index (χ1n) is 11.0. The first kappa shape index (κ1) is 22.8. The van der Waals surface area contributed by atoms with E-state index in [1.807, 2.05) is 19.1 Å². The summed E-state index contributed by atoms with van der Waals surface area (Å²) in [5.41, 5.74) is 5.75. The Morgan fingerprint density at radius 2 is 1.32 bits per heavy atom. The van der Waals surface area contributed by atoms with Crippen LogP contribution in [-0.4, -0.2) is 23.5 Å². The molecule has 0 aliphatic heterocycles. The van der Waals surface area contributed by atoms with E-state index in [2.05, 4.69) is 87.5 Å². The Balaban J connectivity index is 2.02. The molecule has 3 heteroatoms. The second kappa shape index (κ2) is 10.4. The zero-order chi connectivity index (χ0) is 22.4. The van der Waals surface area contributed by atoms with Gasteiger partial charge in [-0.1, -0.05) is 90.0 Å². The zero-order valence-electron chi connectivity index (χ0n) is 19.2. The minimum absolute atomic E-state index is 0.00910. The van der Waals surface area contributed by atoms with Gasteiger partial charge in [-0.25, -0.2) is 0 Å². The molecule has 0 aliphatic rings. The maximum Gasteiger partial charge on any atom is 0.221 e. The average molecular weight is 416 g/mol. The smallest absolute Gasteiger partial charge is 0.221 e. The lowest BCUT2D eigenvalue weighted by Crippen LogP contribution is -2.37. The lowest BCUT2D eigenvalue weighted by Gasteiger charge is -2.35. The lowest BCUT2D eigenvalue weighted by molar-refractivity contribution is -0.151. The molecule has 0 aromatic heterocycles. The summed E-state index contributed by atoms with van der Waals surface area (Å²) in [5.74, 6) is 0.0660. The molecular formula is C28H33NO2. The molecule has 0 radical (unpaired) electrons. The van der Waals surface area contributed by atoms with E-state index in [4.69, 9.17) is 4.74 Å². The molecule has 3 aromatic rings. The number of rotatable bonds is 8. The number of carbonyl (C=O) groups is 1. The van der Waals surface area contributed by atoms with Gasteiger partial charge in [0.2, 0.25) is 5.91 Å². The van der Waals surface area contributed by atoms with E-state index >= 15 is 0 Å². The largest absolute Gasteiger partial charge is 0.350 e. The van der Waals surface area contributed by atoms with E-state index in [-0.39, 0.29) is 17.9 Å². The van der Waals surface area contributed by atoms with Crippen LogP contribution in [-0.2, 0) is 9.53 Å². The van der Waals surface area contributed by atoms with Crippen molar-refractivity contribution >= 4 is 5.91 Å². The van der Waals surface area contributed by atoms with Gasteiger partial charge < -0.3 is 9.64 Å². The van der Waals surface area contributed by atoms with Crippen molar-refractivity contribution in [2.45, 2.75) is 52.9 Å². The van der Waals surface area contributed by atoms with Crippen molar-refractivity contribution in [3.05, 3.63) is 107 Å². The lowest BCUT2D eigenvalue weighted by atomic mass is 9.87. The summed E-state index contributed by atoms with van der Waals surface area (Å²) in [4.78, 5) is 14.3.